The Balaban J connectivity index is 1.35. The maximum absolute atomic E-state index is 13.2. The van der Waals surface area contributed by atoms with Gasteiger partial charge in [0, 0.05) is 37.2 Å². The van der Waals surface area contributed by atoms with E-state index >= 15 is 0 Å². The molecule has 0 aliphatic carbocycles. The maximum atomic E-state index is 13.2. The lowest BCUT2D eigenvalue weighted by molar-refractivity contribution is -0.126. The van der Waals surface area contributed by atoms with Crippen LogP contribution in [0.5, 0.6) is 0 Å². The maximum Gasteiger partial charge on any atom is 0.225 e. The summed E-state index contributed by atoms with van der Waals surface area (Å²) in [5, 5.41) is 5.56. The number of benzene rings is 2. The Labute approximate surface area is 169 Å². The van der Waals surface area contributed by atoms with Gasteiger partial charge in [0.1, 0.15) is 0 Å². The Morgan fingerprint density at radius 2 is 1.72 bits per heavy atom. The van der Waals surface area contributed by atoms with E-state index in [0.29, 0.717) is 13.1 Å². The number of hydrogen-bond donors (Lipinski definition) is 2. The average molecular weight is 401 g/mol. The summed E-state index contributed by atoms with van der Waals surface area (Å²) in [5.74, 6) is -2.12. The van der Waals surface area contributed by atoms with E-state index in [1.54, 1.807) is 0 Å². The highest BCUT2D eigenvalue weighted by molar-refractivity contribution is 5.90. The molecule has 1 aliphatic heterocycles. The molecule has 0 aromatic heterocycles. The molecule has 0 radical (unpaired) electrons. The predicted molar refractivity (Wildman–Crippen MR) is 107 cm³/mol. The lowest BCUT2D eigenvalue weighted by Gasteiger charge is -2.31. The van der Waals surface area contributed by atoms with Crippen molar-refractivity contribution in [3.8, 4) is 0 Å². The number of piperidine rings is 1. The first-order valence-electron chi connectivity index (χ1n) is 9.80. The number of hydrogen-bond acceptors (Lipinski definition) is 3. The third-order valence-corrected chi connectivity index (χ3v) is 5.13. The van der Waals surface area contributed by atoms with Crippen LogP contribution in [0.25, 0.3) is 0 Å². The van der Waals surface area contributed by atoms with Gasteiger partial charge >= 0.3 is 0 Å². The summed E-state index contributed by atoms with van der Waals surface area (Å²) in [5.41, 5.74) is 1.31. The summed E-state index contributed by atoms with van der Waals surface area (Å²) in [6.45, 7) is 2.60. The molecule has 2 amide bonds. The molecule has 0 atom stereocenters. The summed E-state index contributed by atoms with van der Waals surface area (Å²) < 4.78 is 26.1. The van der Waals surface area contributed by atoms with Gasteiger partial charge in [-0.05, 0) is 43.6 Å². The molecule has 0 spiro atoms. The Morgan fingerprint density at radius 1 is 1.00 bits per heavy atom. The summed E-state index contributed by atoms with van der Waals surface area (Å²) in [7, 11) is 0. The first-order chi connectivity index (χ1) is 14.0. The fraction of sp³-hybridized carbons (Fsp3) is 0.364. The van der Waals surface area contributed by atoms with Crippen LogP contribution in [0.4, 0.5) is 14.5 Å². The van der Waals surface area contributed by atoms with Gasteiger partial charge in [-0.3, -0.25) is 9.59 Å². The van der Waals surface area contributed by atoms with Gasteiger partial charge in [0.2, 0.25) is 11.8 Å². The molecule has 2 aromatic carbocycles. The smallest absolute Gasteiger partial charge is 0.225 e. The number of nitrogens with zero attached hydrogens (tertiary/aromatic N) is 1. The number of carbonyl (C=O) groups is 2. The highest BCUT2D eigenvalue weighted by Gasteiger charge is 2.24. The van der Waals surface area contributed by atoms with Gasteiger partial charge in [0.25, 0.3) is 0 Å². The third kappa shape index (κ3) is 6.35. The van der Waals surface area contributed by atoms with Gasteiger partial charge in [0.15, 0.2) is 11.6 Å². The van der Waals surface area contributed by atoms with Crippen LogP contribution in [-0.2, 0) is 16.1 Å². The molecule has 0 saturated carbocycles. The second kappa shape index (κ2) is 10.1. The highest BCUT2D eigenvalue weighted by atomic mass is 19.2. The zero-order valence-electron chi connectivity index (χ0n) is 16.2. The number of amides is 2. The van der Waals surface area contributed by atoms with E-state index in [1.807, 2.05) is 30.3 Å². The van der Waals surface area contributed by atoms with Crippen molar-refractivity contribution in [1.29, 1.82) is 0 Å². The topological polar surface area (TPSA) is 61.4 Å². The quantitative estimate of drug-likeness (QED) is 0.748. The standard InChI is InChI=1S/C22H25F2N3O2/c23-19-7-6-18(14-20(19)24)26-21(28)10-13-27-11-8-17(9-12-27)22(29)25-15-16-4-2-1-3-5-16/h1-7,14,17H,8-13,15H2,(H,25,29)(H,26,28). The van der Waals surface area contributed by atoms with Crippen molar-refractivity contribution in [3.05, 3.63) is 65.7 Å². The molecule has 3 rings (SSSR count). The molecular weight excluding hydrogens is 376 g/mol. The van der Waals surface area contributed by atoms with Gasteiger partial charge < -0.3 is 15.5 Å². The first kappa shape index (κ1) is 20.9. The second-order valence-electron chi connectivity index (χ2n) is 7.25. The SMILES string of the molecule is O=C(CCN1CCC(C(=O)NCc2ccccc2)CC1)Nc1ccc(F)c(F)c1. The first-order valence-corrected chi connectivity index (χ1v) is 9.80. The van der Waals surface area contributed by atoms with Gasteiger partial charge in [-0.1, -0.05) is 30.3 Å². The predicted octanol–water partition coefficient (Wildman–Crippen LogP) is 3.32. The van der Waals surface area contributed by atoms with E-state index in [1.165, 1.54) is 6.07 Å². The van der Waals surface area contributed by atoms with Crippen molar-refractivity contribution < 1.29 is 18.4 Å². The summed E-state index contributed by atoms with van der Waals surface area (Å²) in [4.78, 5) is 26.5. The zero-order chi connectivity index (χ0) is 20.6. The van der Waals surface area contributed by atoms with Crippen molar-refractivity contribution in [2.75, 3.05) is 25.0 Å². The zero-order valence-corrected chi connectivity index (χ0v) is 16.2. The molecule has 1 fully saturated rings. The minimum atomic E-state index is -0.990. The highest BCUT2D eigenvalue weighted by Crippen LogP contribution is 2.18. The summed E-state index contributed by atoms with van der Waals surface area (Å²) in [6, 6.07) is 13.1. The molecule has 5 nitrogen and oxygen atoms in total. The molecule has 29 heavy (non-hydrogen) atoms. The molecule has 2 aromatic rings. The number of nitrogens with one attached hydrogen (secondary N) is 2. The van der Waals surface area contributed by atoms with Crippen molar-refractivity contribution in [2.45, 2.75) is 25.8 Å². The normalized spacial score (nSPS) is 15.1. The lowest BCUT2D eigenvalue weighted by atomic mass is 9.95. The van der Waals surface area contributed by atoms with E-state index < -0.39 is 11.6 Å². The van der Waals surface area contributed by atoms with Crippen LogP contribution in [0, 0.1) is 17.6 Å². The number of anilines is 1. The number of likely N-dealkylation sites (tertiary alicyclic amines) is 1. The monoisotopic (exact) mass is 401 g/mol. The van der Waals surface area contributed by atoms with Crippen molar-refractivity contribution in [2.24, 2.45) is 5.92 Å². The van der Waals surface area contributed by atoms with Crippen LogP contribution in [-0.4, -0.2) is 36.3 Å². The van der Waals surface area contributed by atoms with Crippen molar-refractivity contribution in [3.63, 3.8) is 0 Å². The molecule has 7 heteroatoms. The molecule has 1 saturated heterocycles. The van der Waals surface area contributed by atoms with Gasteiger partial charge in [0.05, 0.1) is 0 Å². The number of rotatable bonds is 7. The van der Waals surface area contributed by atoms with E-state index in [-0.39, 0.29) is 29.8 Å². The van der Waals surface area contributed by atoms with E-state index in [2.05, 4.69) is 15.5 Å². The largest absolute Gasteiger partial charge is 0.352 e. The number of carbonyl (C=O) groups excluding carboxylic acids is 2. The molecular formula is C22H25F2N3O2. The Hall–Kier alpha value is -2.80. The average Bonchev–Trinajstić information content (AvgIpc) is 2.74. The van der Waals surface area contributed by atoms with Crippen LogP contribution in [0.3, 0.4) is 0 Å². The summed E-state index contributed by atoms with van der Waals surface area (Å²) in [6.07, 6.45) is 1.76. The van der Waals surface area contributed by atoms with Crippen LogP contribution in [0.2, 0.25) is 0 Å². The fourth-order valence-electron chi connectivity index (χ4n) is 3.41. The van der Waals surface area contributed by atoms with Gasteiger partial charge in [-0.2, -0.15) is 0 Å². The minimum Gasteiger partial charge on any atom is -0.352 e. The Kier molecular flexibility index (Phi) is 7.30. The fourth-order valence-corrected chi connectivity index (χ4v) is 3.41. The van der Waals surface area contributed by atoms with Gasteiger partial charge in [-0.25, -0.2) is 8.78 Å². The molecule has 0 unspecified atom stereocenters. The molecule has 154 valence electrons. The van der Waals surface area contributed by atoms with Crippen LogP contribution < -0.4 is 10.6 Å². The summed E-state index contributed by atoms with van der Waals surface area (Å²) >= 11 is 0. The Morgan fingerprint density at radius 3 is 2.41 bits per heavy atom. The minimum absolute atomic E-state index is 0.00835. The van der Waals surface area contributed by atoms with Crippen molar-refractivity contribution >= 4 is 17.5 Å². The third-order valence-electron chi connectivity index (χ3n) is 5.13. The van der Waals surface area contributed by atoms with Gasteiger partial charge in [-0.15, -0.1) is 0 Å². The molecule has 1 heterocycles. The second-order valence-corrected chi connectivity index (χ2v) is 7.25. The Bertz CT molecular complexity index is 837. The van der Waals surface area contributed by atoms with Crippen LogP contribution >= 0.6 is 0 Å². The van der Waals surface area contributed by atoms with E-state index in [4.69, 9.17) is 0 Å². The molecule has 2 N–H and O–H groups in total. The molecule has 0 bridgehead atoms. The molecule has 1 aliphatic rings. The number of halogens is 2. The van der Waals surface area contributed by atoms with Crippen LogP contribution in [0.15, 0.2) is 48.5 Å². The van der Waals surface area contributed by atoms with E-state index in [9.17, 15) is 18.4 Å². The lowest BCUT2D eigenvalue weighted by Crippen LogP contribution is -2.41. The van der Waals surface area contributed by atoms with Crippen molar-refractivity contribution in [1.82, 2.24) is 10.2 Å². The van der Waals surface area contributed by atoms with E-state index in [0.717, 1.165) is 43.6 Å². The van der Waals surface area contributed by atoms with Crippen LogP contribution in [0.1, 0.15) is 24.8 Å².